The number of rotatable bonds is 5. The second kappa shape index (κ2) is 7.77. The number of amides is 1. The van der Waals surface area contributed by atoms with E-state index in [1.165, 1.54) is 12.3 Å². The van der Waals surface area contributed by atoms with E-state index in [2.05, 4.69) is 5.32 Å². The first-order valence-corrected chi connectivity index (χ1v) is 7.63. The molecule has 0 aliphatic rings. The van der Waals surface area contributed by atoms with Crippen LogP contribution >= 0.6 is 22.6 Å². The maximum Gasteiger partial charge on any atom is 0.412 e. The summed E-state index contributed by atoms with van der Waals surface area (Å²) in [6.07, 6.45) is 0.618. The fourth-order valence-electron chi connectivity index (χ4n) is 1.82. The summed E-state index contributed by atoms with van der Waals surface area (Å²) in [5.41, 5.74) is 0.175. The smallest absolute Gasteiger partial charge is 0.412 e. The Hall–Kier alpha value is -2.36. The SMILES string of the molecule is O=C(O)Cn1cc(I)cc(NC(=O)OCc2ccccc2)c1=O. The lowest BCUT2D eigenvalue weighted by Crippen LogP contribution is -2.28. The summed E-state index contributed by atoms with van der Waals surface area (Å²) in [6.45, 7) is -0.413. The van der Waals surface area contributed by atoms with Gasteiger partial charge in [-0.1, -0.05) is 30.3 Å². The first kappa shape index (κ1) is 17.0. The molecule has 1 aromatic heterocycles. The zero-order valence-electron chi connectivity index (χ0n) is 11.9. The summed E-state index contributed by atoms with van der Waals surface area (Å²) in [5.74, 6) is -1.15. The van der Waals surface area contributed by atoms with Crippen molar-refractivity contribution in [1.82, 2.24) is 4.57 Å². The van der Waals surface area contributed by atoms with Gasteiger partial charge in [0.05, 0.1) is 0 Å². The first-order chi connectivity index (χ1) is 11.0. The van der Waals surface area contributed by atoms with Crippen molar-refractivity contribution < 1.29 is 19.4 Å². The van der Waals surface area contributed by atoms with Crippen LogP contribution in [-0.2, 0) is 22.7 Å². The molecule has 2 aromatic rings. The van der Waals surface area contributed by atoms with E-state index in [0.29, 0.717) is 3.57 Å². The van der Waals surface area contributed by atoms with Crippen LogP contribution in [0.4, 0.5) is 10.5 Å². The second-order valence-electron chi connectivity index (χ2n) is 4.59. The lowest BCUT2D eigenvalue weighted by atomic mass is 10.2. The van der Waals surface area contributed by atoms with Gasteiger partial charge >= 0.3 is 12.1 Å². The summed E-state index contributed by atoms with van der Waals surface area (Å²) < 4.78 is 6.65. The van der Waals surface area contributed by atoms with E-state index in [1.807, 2.05) is 40.8 Å². The normalized spacial score (nSPS) is 10.1. The van der Waals surface area contributed by atoms with E-state index in [9.17, 15) is 14.4 Å². The third-order valence-corrected chi connectivity index (χ3v) is 3.40. The van der Waals surface area contributed by atoms with Crippen molar-refractivity contribution >= 4 is 40.3 Å². The maximum absolute atomic E-state index is 12.1. The van der Waals surface area contributed by atoms with Crippen molar-refractivity contribution in [2.24, 2.45) is 0 Å². The minimum atomic E-state index is -1.15. The number of hydrogen-bond acceptors (Lipinski definition) is 4. The van der Waals surface area contributed by atoms with Crippen molar-refractivity contribution in [3.8, 4) is 0 Å². The van der Waals surface area contributed by atoms with Crippen molar-refractivity contribution in [3.05, 3.63) is 62.1 Å². The van der Waals surface area contributed by atoms with Gasteiger partial charge in [-0.25, -0.2) is 4.79 Å². The molecule has 0 unspecified atom stereocenters. The Morgan fingerprint density at radius 1 is 1.26 bits per heavy atom. The zero-order valence-corrected chi connectivity index (χ0v) is 14.0. The second-order valence-corrected chi connectivity index (χ2v) is 5.83. The molecule has 0 fully saturated rings. The molecule has 1 amide bonds. The molecule has 1 aromatic carbocycles. The molecule has 2 N–H and O–H groups in total. The van der Waals surface area contributed by atoms with Crippen LogP contribution in [0.1, 0.15) is 5.56 Å². The predicted molar refractivity (Wildman–Crippen MR) is 91.3 cm³/mol. The highest BCUT2D eigenvalue weighted by Crippen LogP contribution is 2.09. The molecule has 0 bridgehead atoms. The molecular formula is C15H13IN2O5. The number of halogens is 1. The highest BCUT2D eigenvalue weighted by molar-refractivity contribution is 14.1. The Labute approximate surface area is 145 Å². The number of benzene rings is 1. The monoisotopic (exact) mass is 428 g/mol. The van der Waals surface area contributed by atoms with Gasteiger partial charge in [-0.3, -0.25) is 14.9 Å². The number of anilines is 1. The first-order valence-electron chi connectivity index (χ1n) is 6.55. The molecule has 1 heterocycles. The number of nitrogens with zero attached hydrogens (tertiary/aromatic N) is 1. The molecule has 2 rings (SSSR count). The minimum absolute atomic E-state index is 0.0313. The van der Waals surface area contributed by atoms with Crippen LogP contribution in [0.15, 0.2) is 47.4 Å². The Morgan fingerprint density at radius 2 is 1.96 bits per heavy atom. The molecule has 8 heteroatoms. The summed E-state index contributed by atoms with van der Waals surface area (Å²) in [7, 11) is 0. The van der Waals surface area contributed by atoms with Crippen LogP contribution in [0.3, 0.4) is 0 Å². The number of nitrogens with one attached hydrogen (secondary N) is 1. The number of aliphatic carboxylic acids is 1. The van der Waals surface area contributed by atoms with Gasteiger partial charge in [0.1, 0.15) is 18.8 Å². The lowest BCUT2D eigenvalue weighted by molar-refractivity contribution is -0.137. The number of aromatic nitrogens is 1. The quantitative estimate of drug-likeness (QED) is 0.713. The zero-order chi connectivity index (χ0) is 16.8. The average molecular weight is 428 g/mol. The summed E-state index contributed by atoms with van der Waals surface area (Å²) >= 11 is 1.93. The third kappa shape index (κ3) is 5.09. The number of hydrogen-bond donors (Lipinski definition) is 2. The number of carboxylic acids is 1. The van der Waals surface area contributed by atoms with Crippen LogP contribution in [0.2, 0.25) is 0 Å². The highest BCUT2D eigenvalue weighted by atomic mass is 127. The maximum atomic E-state index is 12.1. The number of carbonyl (C=O) groups is 2. The summed E-state index contributed by atoms with van der Waals surface area (Å²) in [4.78, 5) is 34.6. The van der Waals surface area contributed by atoms with E-state index in [4.69, 9.17) is 9.84 Å². The molecule has 0 spiro atoms. The Kier molecular flexibility index (Phi) is 5.74. The van der Waals surface area contributed by atoms with Gasteiger partial charge in [0.2, 0.25) is 0 Å². The third-order valence-electron chi connectivity index (χ3n) is 2.81. The lowest BCUT2D eigenvalue weighted by Gasteiger charge is -2.09. The van der Waals surface area contributed by atoms with Crippen molar-refractivity contribution in [1.29, 1.82) is 0 Å². The average Bonchev–Trinajstić information content (AvgIpc) is 2.50. The van der Waals surface area contributed by atoms with Gasteiger partial charge < -0.3 is 14.4 Å². The van der Waals surface area contributed by atoms with Crippen molar-refractivity contribution in [2.75, 3.05) is 5.32 Å². The van der Waals surface area contributed by atoms with E-state index in [-0.39, 0.29) is 12.3 Å². The molecule has 0 saturated heterocycles. The molecule has 7 nitrogen and oxygen atoms in total. The van der Waals surface area contributed by atoms with Crippen molar-refractivity contribution in [3.63, 3.8) is 0 Å². The van der Waals surface area contributed by atoms with Crippen LogP contribution in [-0.4, -0.2) is 21.7 Å². The Balaban J connectivity index is 2.07. The molecule has 120 valence electrons. The summed E-state index contributed by atoms with van der Waals surface area (Å²) in [6, 6.07) is 10.5. The van der Waals surface area contributed by atoms with Crippen molar-refractivity contribution in [2.45, 2.75) is 13.2 Å². The Morgan fingerprint density at radius 3 is 2.61 bits per heavy atom. The molecule has 23 heavy (non-hydrogen) atoms. The molecule has 0 saturated carbocycles. The Bertz CT molecular complexity index is 773. The van der Waals surface area contributed by atoms with Gasteiger partial charge in [-0.05, 0) is 34.2 Å². The number of carbonyl (C=O) groups excluding carboxylic acids is 1. The van der Waals surface area contributed by atoms with E-state index in [1.54, 1.807) is 12.1 Å². The molecule has 0 atom stereocenters. The molecule has 0 radical (unpaired) electrons. The fourth-order valence-corrected chi connectivity index (χ4v) is 2.47. The van der Waals surface area contributed by atoms with Gasteiger partial charge in [0.25, 0.3) is 5.56 Å². The van der Waals surface area contributed by atoms with Crippen LogP contribution in [0.5, 0.6) is 0 Å². The number of pyridine rings is 1. The van der Waals surface area contributed by atoms with Gasteiger partial charge in [-0.2, -0.15) is 0 Å². The van der Waals surface area contributed by atoms with Gasteiger partial charge in [0.15, 0.2) is 0 Å². The number of carboxylic acid groups (broad SMARTS) is 1. The standard InChI is InChI=1S/C15H13IN2O5/c16-11-6-12(14(21)18(7-11)8-13(19)20)17-15(22)23-9-10-4-2-1-3-5-10/h1-7H,8-9H2,(H,17,22)(H,19,20). The topological polar surface area (TPSA) is 97.6 Å². The van der Waals surface area contributed by atoms with Crippen LogP contribution in [0.25, 0.3) is 0 Å². The van der Waals surface area contributed by atoms with E-state index < -0.39 is 24.2 Å². The van der Waals surface area contributed by atoms with E-state index in [0.717, 1.165) is 10.1 Å². The van der Waals surface area contributed by atoms with E-state index >= 15 is 0 Å². The molecule has 0 aliphatic carbocycles. The van der Waals surface area contributed by atoms with Gasteiger partial charge in [-0.15, -0.1) is 0 Å². The van der Waals surface area contributed by atoms with Gasteiger partial charge in [0, 0.05) is 9.77 Å². The molecule has 0 aliphatic heterocycles. The largest absolute Gasteiger partial charge is 0.480 e. The molecular weight excluding hydrogens is 415 g/mol. The highest BCUT2D eigenvalue weighted by Gasteiger charge is 2.12. The van der Waals surface area contributed by atoms with Crippen LogP contribution < -0.4 is 10.9 Å². The van der Waals surface area contributed by atoms with Crippen LogP contribution in [0, 0.1) is 3.57 Å². The fraction of sp³-hybridized carbons (Fsp3) is 0.133. The minimum Gasteiger partial charge on any atom is -0.480 e. The predicted octanol–water partition coefficient (Wildman–Crippen LogP) is 2.29. The summed E-state index contributed by atoms with van der Waals surface area (Å²) in [5, 5.41) is 11.1. The number of ether oxygens (including phenoxy) is 1.